The zero-order valence-electron chi connectivity index (χ0n) is 15.2. The van der Waals surface area contributed by atoms with E-state index in [1.807, 2.05) is 54.1 Å². The molecule has 0 spiro atoms. The van der Waals surface area contributed by atoms with Crippen molar-refractivity contribution in [1.29, 1.82) is 0 Å². The lowest BCUT2D eigenvalue weighted by molar-refractivity contribution is -0.121. The fourth-order valence-electron chi connectivity index (χ4n) is 3.07. The zero-order valence-corrected chi connectivity index (χ0v) is 16.0. The van der Waals surface area contributed by atoms with E-state index >= 15 is 0 Å². The Hall–Kier alpha value is -2.80. The van der Waals surface area contributed by atoms with Gasteiger partial charge in [-0.2, -0.15) is 0 Å². The van der Waals surface area contributed by atoms with Crippen LogP contribution in [0.25, 0.3) is 0 Å². The van der Waals surface area contributed by atoms with Gasteiger partial charge in [-0.25, -0.2) is 4.68 Å². The Balaban J connectivity index is 1.56. The number of nitrogens with one attached hydrogen (secondary N) is 2. The SMILES string of the molecule is Cc1ccc(CNC(=O)C2Sc3nnc(C)n3NC2c2ccccc2)cc1. The zero-order chi connectivity index (χ0) is 18.8. The fourth-order valence-corrected chi connectivity index (χ4v) is 4.22. The summed E-state index contributed by atoms with van der Waals surface area (Å²) < 4.78 is 1.85. The molecule has 7 heteroatoms. The minimum absolute atomic E-state index is 0.0196. The molecule has 0 aliphatic carbocycles. The Bertz CT molecular complexity index is 939. The van der Waals surface area contributed by atoms with Crippen molar-refractivity contribution in [2.45, 2.75) is 36.8 Å². The van der Waals surface area contributed by atoms with Gasteiger partial charge in [-0.1, -0.05) is 71.9 Å². The van der Waals surface area contributed by atoms with Gasteiger partial charge in [0.2, 0.25) is 11.1 Å². The van der Waals surface area contributed by atoms with E-state index in [0.29, 0.717) is 11.7 Å². The van der Waals surface area contributed by atoms with Gasteiger partial charge in [0.25, 0.3) is 0 Å². The molecule has 2 aromatic carbocycles. The molecule has 2 atom stereocenters. The van der Waals surface area contributed by atoms with Crippen LogP contribution in [0.2, 0.25) is 0 Å². The predicted octanol–water partition coefficient (Wildman–Crippen LogP) is 2.97. The minimum Gasteiger partial charge on any atom is -0.351 e. The molecule has 3 aromatic rings. The first kappa shape index (κ1) is 17.6. The van der Waals surface area contributed by atoms with Crippen molar-refractivity contribution in [3.63, 3.8) is 0 Å². The van der Waals surface area contributed by atoms with Gasteiger partial charge in [0, 0.05) is 6.54 Å². The van der Waals surface area contributed by atoms with Gasteiger partial charge in [-0.05, 0) is 25.0 Å². The molecular weight excluding hydrogens is 358 g/mol. The number of hydrogen-bond acceptors (Lipinski definition) is 5. The van der Waals surface area contributed by atoms with E-state index < -0.39 is 0 Å². The van der Waals surface area contributed by atoms with Gasteiger partial charge < -0.3 is 10.7 Å². The van der Waals surface area contributed by atoms with Crippen molar-refractivity contribution < 1.29 is 4.79 Å². The number of hydrogen-bond donors (Lipinski definition) is 2. The molecule has 0 fully saturated rings. The summed E-state index contributed by atoms with van der Waals surface area (Å²) in [6.07, 6.45) is 0. The maximum Gasteiger partial charge on any atom is 0.236 e. The van der Waals surface area contributed by atoms with Crippen LogP contribution in [0.3, 0.4) is 0 Å². The monoisotopic (exact) mass is 379 g/mol. The van der Waals surface area contributed by atoms with Crippen molar-refractivity contribution >= 4 is 17.7 Å². The van der Waals surface area contributed by atoms with Crippen molar-refractivity contribution in [2.75, 3.05) is 5.43 Å². The molecule has 0 bridgehead atoms. The summed E-state index contributed by atoms with van der Waals surface area (Å²) in [4.78, 5) is 13.0. The first-order chi connectivity index (χ1) is 13.1. The summed E-state index contributed by atoms with van der Waals surface area (Å²) >= 11 is 1.44. The molecule has 2 heterocycles. The molecule has 27 heavy (non-hydrogen) atoms. The number of rotatable bonds is 4. The molecule has 1 amide bonds. The van der Waals surface area contributed by atoms with Gasteiger partial charge in [0.1, 0.15) is 11.1 Å². The molecule has 6 nitrogen and oxygen atoms in total. The highest BCUT2D eigenvalue weighted by Crippen LogP contribution is 2.36. The van der Waals surface area contributed by atoms with E-state index in [1.165, 1.54) is 17.3 Å². The van der Waals surface area contributed by atoms with Crippen LogP contribution in [0.1, 0.15) is 28.6 Å². The van der Waals surface area contributed by atoms with Gasteiger partial charge in [0.05, 0.1) is 6.04 Å². The summed E-state index contributed by atoms with van der Waals surface area (Å²) in [6.45, 7) is 4.45. The lowest BCUT2D eigenvalue weighted by Gasteiger charge is -2.32. The third-order valence-corrected chi connectivity index (χ3v) is 5.82. The van der Waals surface area contributed by atoms with Gasteiger partial charge in [-0.3, -0.25) is 4.79 Å². The number of thioether (sulfide) groups is 1. The number of nitrogens with zero attached hydrogens (tertiary/aromatic N) is 3. The van der Waals surface area contributed by atoms with Crippen LogP contribution in [-0.4, -0.2) is 26.0 Å². The number of amides is 1. The van der Waals surface area contributed by atoms with E-state index in [-0.39, 0.29) is 17.2 Å². The van der Waals surface area contributed by atoms with Gasteiger partial charge in [-0.15, -0.1) is 10.2 Å². The molecule has 1 aliphatic heterocycles. The van der Waals surface area contributed by atoms with E-state index in [0.717, 1.165) is 17.0 Å². The Morgan fingerprint density at radius 3 is 2.59 bits per heavy atom. The van der Waals surface area contributed by atoms with Crippen molar-refractivity contribution in [3.8, 4) is 0 Å². The number of benzene rings is 2. The molecule has 1 aliphatic rings. The number of aryl methyl sites for hydroxylation is 2. The standard InChI is InChI=1S/C20H21N5OS/c1-13-8-10-15(11-9-13)12-21-19(26)18-17(16-6-4-3-5-7-16)24-25-14(2)22-23-20(25)27-18/h3-11,17-18,24H,12H2,1-2H3,(H,21,26). The van der Waals surface area contributed by atoms with Crippen molar-refractivity contribution in [1.82, 2.24) is 20.2 Å². The molecule has 4 rings (SSSR count). The average Bonchev–Trinajstić information content (AvgIpc) is 3.07. The molecule has 0 saturated carbocycles. The van der Waals surface area contributed by atoms with Crippen LogP contribution in [0, 0.1) is 13.8 Å². The van der Waals surface area contributed by atoms with Crippen LogP contribution in [0.15, 0.2) is 59.8 Å². The van der Waals surface area contributed by atoms with Gasteiger partial charge in [0.15, 0.2) is 0 Å². The second kappa shape index (κ2) is 7.44. The quantitative estimate of drug-likeness (QED) is 0.729. The second-order valence-corrected chi connectivity index (χ2v) is 7.73. The summed E-state index contributed by atoms with van der Waals surface area (Å²) in [5, 5.41) is 11.7. The maximum absolute atomic E-state index is 13.0. The smallest absolute Gasteiger partial charge is 0.236 e. The van der Waals surface area contributed by atoms with Crippen molar-refractivity contribution in [3.05, 3.63) is 77.1 Å². The molecule has 1 aromatic heterocycles. The second-order valence-electron chi connectivity index (χ2n) is 6.62. The van der Waals surface area contributed by atoms with Crippen molar-refractivity contribution in [2.24, 2.45) is 0 Å². The van der Waals surface area contributed by atoms with E-state index in [2.05, 4.69) is 40.0 Å². The molecule has 2 unspecified atom stereocenters. The molecule has 0 radical (unpaired) electrons. The highest BCUT2D eigenvalue weighted by atomic mass is 32.2. The predicted molar refractivity (Wildman–Crippen MR) is 106 cm³/mol. The fraction of sp³-hybridized carbons (Fsp3) is 0.250. The summed E-state index contributed by atoms with van der Waals surface area (Å²) in [5.74, 6) is 0.755. The lowest BCUT2D eigenvalue weighted by atomic mass is 10.0. The van der Waals surface area contributed by atoms with E-state index in [9.17, 15) is 4.79 Å². The Morgan fingerprint density at radius 1 is 1.11 bits per heavy atom. The first-order valence-corrected chi connectivity index (χ1v) is 9.73. The van der Waals surface area contributed by atoms with Crippen LogP contribution in [0.5, 0.6) is 0 Å². The maximum atomic E-state index is 13.0. The number of carbonyl (C=O) groups excluding carboxylic acids is 1. The molecular formula is C20H21N5OS. The third kappa shape index (κ3) is 3.68. The Labute approximate surface area is 162 Å². The lowest BCUT2D eigenvalue weighted by Crippen LogP contribution is -2.44. The van der Waals surface area contributed by atoms with Crippen LogP contribution >= 0.6 is 11.8 Å². The summed E-state index contributed by atoms with van der Waals surface area (Å²) in [5.41, 5.74) is 6.75. The van der Waals surface area contributed by atoms with Gasteiger partial charge >= 0.3 is 0 Å². The Morgan fingerprint density at radius 2 is 1.85 bits per heavy atom. The summed E-state index contributed by atoms with van der Waals surface area (Å²) in [6, 6.07) is 18.0. The molecule has 0 saturated heterocycles. The molecule has 2 N–H and O–H groups in total. The highest BCUT2D eigenvalue weighted by Gasteiger charge is 2.37. The minimum atomic E-state index is -0.339. The van der Waals surface area contributed by atoms with Crippen LogP contribution < -0.4 is 10.7 Å². The molecule has 138 valence electrons. The number of carbonyl (C=O) groups is 1. The largest absolute Gasteiger partial charge is 0.351 e. The number of fused-ring (bicyclic) bond motifs is 1. The Kier molecular flexibility index (Phi) is 4.85. The first-order valence-electron chi connectivity index (χ1n) is 8.85. The van der Waals surface area contributed by atoms with E-state index in [4.69, 9.17) is 0 Å². The van der Waals surface area contributed by atoms with Crippen LogP contribution in [-0.2, 0) is 11.3 Å². The van der Waals surface area contributed by atoms with Crippen LogP contribution in [0.4, 0.5) is 0 Å². The number of aromatic nitrogens is 3. The highest BCUT2D eigenvalue weighted by molar-refractivity contribution is 8.00. The third-order valence-electron chi connectivity index (χ3n) is 4.60. The average molecular weight is 379 g/mol. The normalized spacial score (nSPS) is 18.4. The topological polar surface area (TPSA) is 71.8 Å². The van der Waals surface area contributed by atoms with E-state index in [1.54, 1.807) is 0 Å². The summed E-state index contributed by atoms with van der Waals surface area (Å²) in [7, 11) is 0.